The van der Waals surface area contributed by atoms with Gasteiger partial charge in [-0.25, -0.2) is 0 Å². The van der Waals surface area contributed by atoms with E-state index < -0.39 is 17.5 Å². The maximum atomic E-state index is 11.9. The number of rotatable bonds is 3. The first kappa shape index (κ1) is 17.0. The molecule has 1 saturated heterocycles. The van der Waals surface area contributed by atoms with Gasteiger partial charge in [-0.15, -0.1) is 0 Å². The molecule has 2 rings (SSSR count). The lowest BCUT2D eigenvalue weighted by Crippen LogP contribution is -2.53. The van der Waals surface area contributed by atoms with Crippen LogP contribution in [-0.4, -0.2) is 39.8 Å². The fraction of sp³-hybridized carbons (Fsp3) is 0.611. The van der Waals surface area contributed by atoms with Crippen LogP contribution in [0.2, 0.25) is 0 Å². The molecule has 0 spiro atoms. The van der Waals surface area contributed by atoms with E-state index in [9.17, 15) is 15.0 Å². The van der Waals surface area contributed by atoms with Crippen molar-refractivity contribution >= 4 is 5.97 Å². The normalized spacial score (nSPS) is 31.2. The molecule has 1 aromatic rings. The van der Waals surface area contributed by atoms with Crippen LogP contribution in [-0.2, 0) is 4.79 Å². The average Bonchev–Trinajstić information content (AvgIpc) is 2.72. The van der Waals surface area contributed by atoms with Crippen molar-refractivity contribution in [3.05, 3.63) is 35.9 Å². The number of carboxylic acids is 1. The lowest BCUT2D eigenvalue weighted by atomic mass is 9.69. The van der Waals surface area contributed by atoms with Crippen molar-refractivity contribution in [2.75, 3.05) is 6.54 Å². The van der Waals surface area contributed by atoms with Gasteiger partial charge >= 0.3 is 5.97 Å². The second-order valence-electron chi connectivity index (χ2n) is 7.66. The topological polar surface area (TPSA) is 60.8 Å². The zero-order valence-corrected chi connectivity index (χ0v) is 14.1. The van der Waals surface area contributed by atoms with Crippen LogP contribution in [0.1, 0.15) is 46.2 Å². The number of carboxylic acid groups (broad SMARTS) is 1. The summed E-state index contributed by atoms with van der Waals surface area (Å²) in [6.07, 6.45) is -0.875. The molecular formula is C18H27NO3. The van der Waals surface area contributed by atoms with Gasteiger partial charge in [0, 0.05) is 18.6 Å². The van der Waals surface area contributed by atoms with Crippen LogP contribution in [0.5, 0.6) is 0 Å². The third-order valence-electron chi connectivity index (χ3n) is 5.04. The maximum Gasteiger partial charge on any atom is 0.313 e. The molecule has 0 aliphatic carbocycles. The van der Waals surface area contributed by atoms with Gasteiger partial charge in [-0.1, -0.05) is 51.1 Å². The molecule has 1 fully saturated rings. The zero-order chi connectivity index (χ0) is 16.7. The van der Waals surface area contributed by atoms with E-state index in [4.69, 9.17) is 0 Å². The van der Waals surface area contributed by atoms with E-state index in [1.807, 2.05) is 51.1 Å². The Bertz CT molecular complexity index is 537. The predicted octanol–water partition coefficient (Wildman–Crippen LogP) is 2.93. The quantitative estimate of drug-likeness (QED) is 0.901. The molecule has 0 aromatic heterocycles. The van der Waals surface area contributed by atoms with E-state index in [2.05, 4.69) is 11.8 Å². The number of aliphatic hydroxyl groups excluding tert-OH is 1. The minimum atomic E-state index is -1.17. The summed E-state index contributed by atoms with van der Waals surface area (Å²) in [4.78, 5) is 14.1. The Labute approximate surface area is 132 Å². The van der Waals surface area contributed by atoms with E-state index >= 15 is 0 Å². The Hall–Kier alpha value is -1.39. The van der Waals surface area contributed by atoms with Crippen LogP contribution >= 0.6 is 0 Å². The smallest absolute Gasteiger partial charge is 0.313 e. The number of aliphatic carboxylic acids is 1. The van der Waals surface area contributed by atoms with Crippen molar-refractivity contribution in [2.24, 2.45) is 10.8 Å². The van der Waals surface area contributed by atoms with E-state index in [1.54, 1.807) is 6.92 Å². The Morgan fingerprint density at radius 2 is 1.86 bits per heavy atom. The van der Waals surface area contributed by atoms with Gasteiger partial charge in [-0.3, -0.25) is 9.69 Å². The summed E-state index contributed by atoms with van der Waals surface area (Å²) < 4.78 is 0. The second-order valence-corrected chi connectivity index (χ2v) is 7.66. The number of likely N-dealkylation sites (tertiary alicyclic amines) is 1. The highest BCUT2D eigenvalue weighted by Crippen LogP contribution is 2.48. The Morgan fingerprint density at radius 1 is 1.32 bits per heavy atom. The summed E-state index contributed by atoms with van der Waals surface area (Å²) in [6.45, 7) is 10.3. The van der Waals surface area contributed by atoms with Crippen molar-refractivity contribution in [3.8, 4) is 0 Å². The second kappa shape index (κ2) is 5.67. The Balaban J connectivity index is 2.45. The highest BCUT2D eigenvalue weighted by atomic mass is 16.4. The van der Waals surface area contributed by atoms with Gasteiger partial charge in [0.05, 0.1) is 6.10 Å². The van der Waals surface area contributed by atoms with Gasteiger partial charge in [0.25, 0.3) is 0 Å². The highest BCUT2D eigenvalue weighted by molar-refractivity contribution is 5.77. The standard InChI is InChI=1S/C18H27NO3/c1-12(13-9-7-6-8-10-13)19-11-14(20)18(5,16(21)22)15(19)17(2,3)4/h6-10,12,14-15,20H,11H2,1-5H3,(H,21,22)/t12-,14?,15?,18-/m1/s1. The molecule has 122 valence electrons. The van der Waals surface area contributed by atoms with E-state index in [-0.39, 0.29) is 17.5 Å². The first-order valence-electron chi connectivity index (χ1n) is 7.82. The van der Waals surface area contributed by atoms with Crippen LogP contribution in [0.3, 0.4) is 0 Å². The molecule has 0 bridgehead atoms. The van der Waals surface area contributed by atoms with Crippen molar-refractivity contribution in [1.82, 2.24) is 4.90 Å². The minimum Gasteiger partial charge on any atom is -0.481 e. The fourth-order valence-corrected chi connectivity index (χ4v) is 3.98. The predicted molar refractivity (Wildman–Crippen MR) is 86.6 cm³/mol. The van der Waals surface area contributed by atoms with Crippen molar-refractivity contribution in [1.29, 1.82) is 0 Å². The molecule has 0 amide bonds. The number of β-amino-alcohol motifs (C(OH)–C–C–N with tert-alkyl or cyclic N) is 1. The van der Waals surface area contributed by atoms with Gasteiger partial charge in [-0.05, 0) is 24.8 Å². The summed E-state index contributed by atoms with van der Waals surface area (Å²) in [7, 11) is 0. The Morgan fingerprint density at radius 3 is 2.32 bits per heavy atom. The van der Waals surface area contributed by atoms with Crippen LogP contribution < -0.4 is 0 Å². The largest absolute Gasteiger partial charge is 0.481 e. The summed E-state index contributed by atoms with van der Waals surface area (Å²) in [5.41, 5.74) is -0.284. The van der Waals surface area contributed by atoms with Crippen LogP contribution in [0.15, 0.2) is 30.3 Å². The molecule has 1 heterocycles. The molecule has 22 heavy (non-hydrogen) atoms. The van der Waals surface area contributed by atoms with Gasteiger partial charge in [0.1, 0.15) is 5.41 Å². The van der Waals surface area contributed by atoms with Crippen LogP contribution in [0.25, 0.3) is 0 Å². The van der Waals surface area contributed by atoms with Crippen LogP contribution in [0, 0.1) is 10.8 Å². The monoisotopic (exact) mass is 305 g/mol. The first-order valence-corrected chi connectivity index (χ1v) is 7.82. The lowest BCUT2D eigenvalue weighted by Gasteiger charge is -2.44. The fourth-order valence-electron chi connectivity index (χ4n) is 3.98. The number of aliphatic hydroxyl groups is 1. The summed E-state index contributed by atoms with van der Waals surface area (Å²) >= 11 is 0. The highest BCUT2D eigenvalue weighted by Gasteiger charge is 2.60. The van der Waals surface area contributed by atoms with E-state index in [0.29, 0.717) is 6.54 Å². The molecule has 2 unspecified atom stereocenters. The average molecular weight is 305 g/mol. The molecule has 4 nitrogen and oxygen atoms in total. The SMILES string of the molecule is C[C@H](c1ccccc1)N1CC(O)[C@@](C)(C(=O)O)C1C(C)(C)C. The number of hydrogen-bond acceptors (Lipinski definition) is 3. The number of benzene rings is 1. The molecule has 4 atom stereocenters. The lowest BCUT2D eigenvalue weighted by molar-refractivity contribution is -0.157. The molecule has 1 aliphatic rings. The molecule has 2 N–H and O–H groups in total. The van der Waals surface area contributed by atoms with Crippen molar-refractivity contribution < 1.29 is 15.0 Å². The third kappa shape index (κ3) is 2.66. The van der Waals surface area contributed by atoms with Gasteiger partial charge < -0.3 is 10.2 Å². The van der Waals surface area contributed by atoms with E-state index in [1.165, 1.54) is 0 Å². The van der Waals surface area contributed by atoms with Gasteiger partial charge in [-0.2, -0.15) is 0 Å². The number of hydrogen-bond donors (Lipinski definition) is 2. The molecule has 1 aliphatic heterocycles. The molecular weight excluding hydrogens is 278 g/mol. The van der Waals surface area contributed by atoms with Gasteiger partial charge in [0.2, 0.25) is 0 Å². The molecule has 1 aromatic carbocycles. The van der Waals surface area contributed by atoms with Gasteiger partial charge in [0.15, 0.2) is 0 Å². The molecule has 4 heteroatoms. The van der Waals surface area contributed by atoms with Crippen LogP contribution in [0.4, 0.5) is 0 Å². The zero-order valence-electron chi connectivity index (χ0n) is 14.1. The number of nitrogens with zero attached hydrogens (tertiary/aromatic N) is 1. The van der Waals surface area contributed by atoms with E-state index in [0.717, 1.165) is 5.56 Å². The summed E-state index contributed by atoms with van der Waals surface area (Å²) in [5.74, 6) is -0.928. The maximum absolute atomic E-state index is 11.9. The van der Waals surface area contributed by atoms with Crippen molar-refractivity contribution in [3.63, 3.8) is 0 Å². The summed E-state index contributed by atoms with van der Waals surface area (Å²) in [5, 5.41) is 20.3. The molecule has 0 radical (unpaired) electrons. The first-order chi connectivity index (χ1) is 10.1. The Kier molecular flexibility index (Phi) is 4.37. The third-order valence-corrected chi connectivity index (χ3v) is 5.04. The molecule has 0 saturated carbocycles. The number of carbonyl (C=O) groups is 1. The van der Waals surface area contributed by atoms with Crippen molar-refractivity contribution in [2.45, 2.75) is 52.8 Å². The minimum absolute atomic E-state index is 0.0567. The summed E-state index contributed by atoms with van der Waals surface area (Å²) in [6, 6.07) is 9.85.